The Balaban J connectivity index is 2.33. The van der Waals surface area contributed by atoms with Gasteiger partial charge in [-0.25, -0.2) is 0 Å². The molecule has 18 heavy (non-hydrogen) atoms. The molecule has 0 unspecified atom stereocenters. The maximum atomic E-state index is 11.7. The van der Waals surface area contributed by atoms with Crippen LogP contribution in [-0.2, 0) is 4.79 Å². The molecule has 0 radical (unpaired) electrons. The molecule has 0 aromatic heterocycles. The molecular weight excluding hydrogens is 226 g/mol. The van der Waals surface area contributed by atoms with E-state index in [0.717, 1.165) is 26.1 Å². The predicted octanol–water partition coefficient (Wildman–Crippen LogP) is 1.49. The van der Waals surface area contributed by atoms with Crippen molar-refractivity contribution in [1.29, 1.82) is 0 Å². The lowest BCUT2D eigenvalue weighted by Crippen LogP contribution is -2.39. The molecule has 0 bridgehead atoms. The lowest BCUT2D eigenvalue weighted by atomic mass is 10.2. The number of carbonyl (C=O) groups is 1. The summed E-state index contributed by atoms with van der Waals surface area (Å²) in [7, 11) is 0. The van der Waals surface area contributed by atoms with Crippen LogP contribution in [0.25, 0.3) is 0 Å². The first-order valence-corrected chi connectivity index (χ1v) is 7.37. The van der Waals surface area contributed by atoms with Gasteiger partial charge in [0.1, 0.15) is 0 Å². The van der Waals surface area contributed by atoms with Crippen molar-refractivity contribution in [3.05, 3.63) is 0 Å². The van der Waals surface area contributed by atoms with E-state index in [1.54, 1.807) is 0 Å². The van der Waals surface area contributed by atoms with Gasteiger partial charge in [0, 0.05) is 25.0 Å². The van der Waals surface area contributed by atoms with Crippen molar-refractivity contribution in [2.75, 3.05) is 19.6 Å². The molecule has 106 valence electrons. The Morgan fingerprint density at radius 1 is 1.33 bits per heavy atom. The van der Waals surface area contributed by atoms with Crippen LogP contribution >= 0.6 is 0 Å². The van der Waals surface area contributed by atoms with Gasteiger partial charge in [0.15, 0.2) is 0 Å². The summed E-state index contributed by atoms with van der Waals surface area (Å²) in [6.45, 7) is 6.66. The zero-order valence-corrected chi connectivity index (χ0v) is 12.0. The second-order valence-electron chi connectivity index (χ2n) is 5.59. The van der Waals surface area contributed by atoms with E-state index in [4.69, 9.17) is 5.73 Å². The van der Waals surface area contributed by atoms with E-state index >= 15 is 0 Å². The molecule has 0 heterocycles. The van der Waals surface area contributed by atoms with Gasteiger partial charge in [-0.1, -0.05) is 12.8 Å². The molecule has 0 spiro atoms. The van der Waals surface area contributed by atoms with Gasteiger partial charge >= 0.3 is 0 Å². The first-order valence-electron chi connectivity index (χ1n) is 7.37. The number of carbonyl (C=O) groups excluding carboxylic acids is 1. The van der Waals surface area contributed by atoms with Crippen molar-refractivity contribution in [1.82, 2.24) is 10.2 Å². The first-order chi connectivity index (χ1) is 8.63. The standard InChI is InChI=1S/C14H29N3O/c1-12(2)16-14(18)8-11-17(10-5-9-15)13-6-3-4-7-13/h12-13H,3-11,15H2,1-2H3,(H,16,18). The zero-order chi connectivity index (χ0) is 13.4. The average Bonchev–Trinajstić information content (AvgIpc) is 2.81. The Kier molecular flexibility index (Phi) is 7.28. The molecular formula is C14H29N3O. The number of rotatable bonds is 8. The number of nitrogens with one attached hydrogen (secondary N) is 1. The van der Waals surface area contributed by atoms with Gasteiger partial charge in [-0.3, -0.25) is 9.69 Å². The predicted molar refractivity (Wildman–Crippen MR) is 75.4 cm³/mol. The van der Waals surface area contributed by atoms with Crippen LogP contribution in [0, 0.1) is 0 Å². The summed E-state index contributed by atoms with van der Waals surface area (Å²) >= 11 is 0. The first kappa shape index (κ1) is 15.4. The molecule has 0 aromatic carbocycles. The second-order valence-corrected chi connectivity index (χ2v) is 5.59. The summed E-state index contributed by atoms with van der Waals surface area (Å²) in [5.74, 6) is 0.167. The summed E-state index contributed by atoms with van der Waals surface area (Å²) in [5.41, 5.74) is 5.59. The number of hydrogen-bond donors (Lipinski definition) is 2. The molecule has 1 amide bonds. The minimum absolute atomic E-state index is 0.167. The van der Waals surface area contributed by atoms with Gasteiger partial charge in [-0.05, 0) is 46.2 Å². The van der Waals surface area contributed by atoms with Crippen molar-refractivity contribution < 1.29 is 4.79 Å². The van der Waals surface area contributed by atoms with E-state index in [-0.39, 0.29) is 11.9 Å². The fourth-order valence-electron chi connectivity index (χ4n) is 2.68. The van der Waals surface area contributed by atoms with Crippen LogP contribution in [0.5, 0.6) is 0 Å². The van der Waals surface area contributed by atoms with Gasteiger partial charge in [0.05, 0.1) is 0 Å². The molecule has 1 saturated carbocycles. The molecule has 4 nitrogen and oxygen atoms in total. The fraction of sp³-hybridized carbons (Fsp3) is 0.929. The maximum absolute atomic E-state index is 11.7. The Bertz CT molecular complexity index is 237. The van der Waals surface area contributed by atoms with E-state index in [1.165, 1.54) is 25.7 Å². The third-order valence-electron chi connectivity index (χ3n) is 3.57. The Morgan fingerprint density at radius 3 is 2.56 bits per heavy atom. The Hall–Kier alpha value is -0.610. The van der Waals surface area contributed by atoms with Crippen LogP contribution in [0.4, 0.5) is 0 Å². The van der Waals surface area contributed by atoms with Gasteiger partial charge < -0.3 is 11.1 Å². The van der Waals surface area contributed by atoms with Crippen molar-refractivity contribution in [3.8, 4) is 0 Å². The van der Waals surface area contributed by atoms with Crippen molar-refractivity contribution in [3.63, 3.8) is 0 Å². The maximum Gasteiger partial charge on any atom is 0.221 e. The Morgan fingerprint density at radius 2 is 2.00 bits per heavy atom. The molecule has 4 heteroatoms. The number of hydrogen-bond acceptors (Lipinski definition) is 3. The minimum atomic E-state index is 0.167. The van der Waals surface area contributed by atoms with Crippen LogP contribution in [0.15, 0.2) is 0 Å². The smallest absolute Gasteiger partial charge is 0.221 e. The highest BCUT2D eigenvalue weighted by Crippen LogP contribution is 2.23. The molecule has 1 aliphatic rings. The lowest BCUT2D eigenvalue weighted by Gasteiger charge is -2.28. The normalized spacial score (nSPS) is 16.7. The second kappa shape index (κ2) is 8.48. The van der Waals surface area contributed by atoms with E-state index in [1.807, 2.05) is 13.8 Å². The van der Waals surface area contributed by atoms with Gasteiger partial charge in [0.2, 0.25) is 5.91 Å². The summed E-state index contributed by atoms with van der Waals surface area (Å²) in [4.78, 5) is 14.2. The van der Waals surface area contributed by atoms with Crippen LogP contribution in [0.1, 0.15) is 52.4 Å². The van der Waals surface area contributed by atoms with E-state index < -0.39 is 0 Å². The van der Waals surface area contributed by atoms with Crippen molar-refractivity contribution in [2.45, 2.75) is 64.5 Å². The van der Waals surface area contributed by atoms with Gasteiger partial charge in [0.25, 0.3) is 0 Å². The van der Waals surface area contributed by atoms with E-state index in [0.29, 0.717) is 12.5 Å². The van der Waals surface area contributed by atoms with Crippen LogP contribution < -0.4 is 11.1 Å². The van der Waals surface area contributed by atoms with Crippen LogP contribution in [0.2, 0.25) is 0 Å². The quantitative estimate of drug-likeness (QED) is 0.691. The summed E-state index contributed by atoms with van der Waals surface area (Å²) in [6, 6.07) is 0.921. The molecule has 3 N–H and O–H groups in total. The molecule has 0 aromatic rings. The molecule has 1 aliphatic carbocycles. The molecule has 0 atom stereocenters. The Labute approximate surface area is 111 Å². The summed E-state index contributed by atoms with van der Waals surface area (Å²) in [6.07, 6.45) is 6.89. The molecule has 1 fully saturated rings. The van der Waals surface area contributed by atoms with E-state index in [9.17, 15) is 4.79 Å². The van der Waals surface area contributed by atoms with Gasteiger partial charge in [-0.15, -0.1) is 0 Å². The summed E-state index contributed by atoms with van der Waals surface area (Å²) in [5, 5.41) is 2.95. The zero-order valence-electron chi connectivity index (χ0n) is 12.0. The molecule has 0 aliphatic heterocycles. The summed E-state index contributed by atoms with van der Waals surface area (Å²) < 4.78 is 0. The highest BCUT2D eigenvalue weighted by molar-refractivity contribution is 5.76. The number of nitrogens with two attached hydrogens (primary N) is 1. The third kappa shape index (κ3) is 5.83. The topological polar surface area (TPSA) is 58.4 Å². The number of amides is 1. The van der Waals surface area contributed by atoms with Gasteiger partial charge in [-0.2, -0.15) is 0 Å². The average molecular weight is 255 g/mol. The monoisotopic (exact) mass is 255 g/mol. The fourth-order valence-corrected chi connectivity index (χ4v) is 2.68. The van der Waals surface area contributed by atoms with Crippen molar-refractivity contribution >= 4 is 5.91 Å². The lowest BCUT2D eigenvalue weighted by molar-refractivity contribution is -0.122. The van der Waals surface area contributed by atoms with Crippen LogP contribution in [-0.4, -0.2) is 42.5 Å². The SMILES string of the molecule is CC(C)NC(=O)CCN(CCCN)C1CCCC1. The highest BCUT2D eigenvalue weighted by atomic mass is 16.1. The number of nitrogens with zero attached hydrogens (tertiary/aromatic N) is 1. The molecule has 1 rings (SSSR count). The molecule has 0 saturated heterocycles. The van der Waals surface area contributed by atoms with Crippen molar-refractivity contribution in [2.24, 2.45) is 5.73 Å². The van der Waals surface area contributed by atoms with Crippen LogP contribution in [0.3, 0.4) is 0 Å². The minimum Gasteiger partial charge on any atom is -0.354 e. The largest absolute Gasteiger partial charge is 0.354 e. The third-order valence-corrected chi connectivity index (χ3v) is 3.57. The van der Waals surface area contributed by atoms with E-state index in [2.05, 4.69) is 10.2 Å². The highest BCUT2D eigenvalue weighted by Gasteiger charge is 2.22.